The minimum Gasteiger partial charge on any atom is -0.478 e. The molecule has 1 unspecified atom stereocenters. The van der Waals surface area contributed by atoms with Gasteiger partial charge in [0.2, 0.25) is 11.8 Å². The Labute approximate surface area is 206 Å². The maximum absolute atomic E-state index is 14.6. The SMILES string of the molecule is Cc1oc(-c2ccccc2)nc1CC(NCc1cc(F)c(OC(C)(C)C(=O)O)c(F)c1)c1ncco1. The molecular weight excluding hydrogens is 472 g/mol. The van der Waals surface area contributed by atoms with E-state index in [1.54, 1.807) is 0 Å². The van der Waals surface area contributed by atoms with E-state index in [0.717, 1.165) is 17.7 Å². The second-order valence-electron chi connectivity index (χ2n) is 8.70. The van der Waals surface area contributed by atoms with Crippen LogP contribution in [-0.2, 0) is 17.8 Å². The Bertz CT molecular complexity index is 1310. The average Bonchev–Trinajstić information content (AvgIpc) is 3.50. The third-order valence-electron chi connectivity index (χ3n) is 5.54. The van der Waals surface area contributed by atoms with Gasteiger partial charge in [-0.05, 0) is 50.6 Å². The summed E-state index contributed by atoms with van der Waals surface area (Å²) in [7, 11) is 0. The molecule has 4 aromatic rings. The average molecular weight is 497 g/mol. The molecule has 0 bridgehead atoms. The van der Waals surface area contributed by atoms with Crippen LogP contribution in [0.1, 0.15) is 42.8 Å². The number of carboxylic acids is 1. The van der Waals surface area contributed by atoms with Crippen LogP contribution in [0.15, 0.2) is 63.8 Å². The van der Waals surface area contributed by atoms with Crippen LogP contribution in [0.25, 0.3) is 11.5 Å². The van der Waals surface area contributed by atoms with E-state index in [1.165, 1.54) is 26.3 Å². The number of hydrogen-bond donors (Lipinski definition) is 2. The van der Waals surface area contributed by atoms with Crippen LogP contribution >= 0.6 is 0 Å². The first-order valence-electron chi connectivity index (χ1n) is 11.2. The Morgan fingerprint density at radius 3 is 2.50 bits per heavy atom. The molecular formula is C26H25F2N3O5. The van der Waals surface area contributed by atoms with Gasteiger partial charge in [-0.1, -0.05) is 18.2 Å². The van der Waals surface area contributed by atoms with Crippen molar-refractivity contribution < 1.29 is 32.3 Å². The van der Waals surface area contributed by atoms with Crippen molar-refractivity contribution >= 4 is 5.97 Å². The molecule has 0 spiro atoms. The molecule has 2 N–H and O–H groups in total. The van der Waals surface area contributed by atoms with Gasteiger partial charge in [0.15, 0.2) is 23.0 Å². The molecule has 2 aromatic carbocycles. The molecule has 0 aliphatic rings. The van der Waals surface area contributed by atoms with Crippen molar-refractivity contribution in [3.8, 4) is 17.2 Å². The summed E-state index contributed by atoms with van der Waals surface area (Å²) in [4.78, 5) is 20.1. The quantitative estimate of drug-likeness (QED) is 0.306. The second-order valence-corrected chi connectivity index (χ2v) is 8.70. The van der Waals surface area contributed by atoms with Gasteiger partial charge in [0.05, 0.1) is 17.9 Å². The molecule has 0 aliphatic carbocycles. The van der Waals surface area contributed by atoms with E-state index < -0.39 is 35.0 Å². The first-order chi connectivity index (χ1) is 17.1. The molecule has 0 fully saturated rings. The summed E-state index contributed by atoms with van der Waals surface area (Å²) in [6.45, 7) is 4.29. The molecule has 0 radical (unpaired) electrons. The largest absolute Gasteiger partial charge is 0.478 e. The van der Waals surface area contributed by atoms with E-state index in [0.29, 0.717) is 29.7 Å². The van der Waals surface area contributed by atoms with Gasteiger partial charge in [0.1, 0.15) is 12.0 Å². The van der Waals surface area contributed by atoms with Crippen molar-refractivity contribution in [1.29, 1.82) is 0 Å². The van der Waals surface area contributed by atoms with E-state index in [-0.39, 0.29) is 12.1 Å². The van der Waals surface area contributed by atoms with E-state index in [2.05, 4.69) is 15.3 Å². The Hall–Kier alpha value is -4.05. The monoisotopic (exact) mass is 497 g/mol. The topological polar surface area (TPSA) is 111 Å². The van der Waals surface area contributed by atoms with Crippen LogP contribution in [0.2, 0.25) is 0 Å². The summed E-state index contributed by atoms with van der Waals surface area (Å²) in [6.07, 6.45) is 3.29. The smallest absolute Gasteiger partial charge is 0.347 e. The number of nitrogens with one attached hydrogen (secondary N) is 1. The fourth-order valence-corrected chi connectivity index (χ4v) is 3.52. The Morgan fingerprint density at radius 1 is 1.19 bits per heavy atom. The molecule has 2 aromatic heterocycles. The molecule has 2 heterocycles. The molecule has 0 amide bonds. The first-order valence-corrected chi connectivity index (χ1v) is 11.2. The van der Waals surface area contributed by atoms with Crippen LogP contribution in [0.4, 0.5) is 8.78 Å². The van der Waals surface area contributed by atoms with Gasteiger partial charge < -0.3 is 24.0 Å². The van der Waals surface area contributed by atoms with Gasteiger partial charge in [0, 0.05) is 18.5 Å². The molecule has 0 saturated carbocycles. The van der Waals surface area contributed by atoms with Crippen LogP contribution in [0.5, 0.6) is 5.75 Å². The summed E-state index contributed by atoms with van der Waals surface area (Å²) in [6, 6.07) is 11.2. The number of aryl methyl sites for hydroxylation is 1. The number of carboxylic acid groups (broad SMARTS) is 1. The molecule has 36 heavy (non-hydrogen) atoms. The molecule has 188 valence electrons. The van der Waals surface area contributed by atoms with Crippen LogP contribution in [-0.4, -0.2) is 26.6 Å². The number of hydrogen-bond acceptors (Lipinski definition) is 7. The number of nitrogens with zero attached hydrogens (tertiary/aromatic N) is 2. The van der Waals surface area contributed by atoms with Gasteiger partial charge in [-0.3, -0.25) is 0 Å². The molecule has 1 atom stereocenters. The highest BCUT2D eigenvalue weighted by Crippen LogP contribution is 2.29. The zero-order chi connectivity index (χ0) is 25.9. The van der Waals surface area contributed by atoms with Crippen LogP contribution in [0.3, 0.4) is 0 Å². The van der Waals surface area contributed by atoms with Crippen molar-refractivity contribution in [3.05, 3.63) is 89.5 Å². The molecule has 10 heteroatoms. The lowest BCUT2D eigenvalue weighted by Gasteiger charge is -2.22. The Kier molecular flexibility index (Phi) is 7.16. The summed E-state index contributed by atoms with van der Waals surface area (Å²) in [5.41, 5.74) is 0.00298. The van der Waals surface area contributed by atoms with Gasteiger partial charge >= 0.3 is 5.97 Å². The normalized spacial score (nSPS) is 12.5. The number of benzene rings is 2. The molecule has 0 aliphatic heterocycles. The lowest BCUT2D eigenvalue weighted by Crippen LogP contribution is -2.38. The van der Waals surface area contributed by atoms with Gasteiger partial charge in [-0.2, -0.15) is 0 Å². The van der Waals surface area contributed by atoms with Gasteiger partial charge in [-0.25, -0.2) is 23.5 Å². The standard InChI is InChI=1S/C26H25F2N3O5/c1-15-20(31-23(35-15)17-7-5-4-6-8-17)13-21(24-29-9-10-34-24)30-14-16-11-18(27)22(19(28)12-16)36-26(2,3)25(32)33/h4-12,21,30H,13-14H2,1-3H3,(H,32,33). The number of halogens is 2. The minimum atomic E-state index is -1.80. The Balaban J connectivity index is 1.52. The van der Waals surface area contributed by atoms with Crippen molar-refractivity contribution in [2.45, 2.75) is 45.4 Å². The highest BCUT2D eigenvalue weighted by atomic mass is 19.1. The highest BCUT2D eigenvalue weighted by molar-refractivity contribution is 5.76. The lowest BCUT2D eigenvalue weighted by atomic mass is 10.1. The number of oxazole rings is 2. The van der Waals surface area contributed by atoms with Crippen molar-refractivity contribution in [3.63, 3.8) is 0 Å². The van der Waals surface area contributed by atoms with E-state index in [1.807, 2.05) is 37.3 Å². The number of carbonyl (C=O) groups is 1. The summed E-state index contributed by atoms with van der Waals surface area (Å²) >= 11 is 0. The van der Waals surface area contributed by atoms with Gasteiger partial charge in [0.25, 0.3) is 0 Å². The van der Waals surface area contributed by atoms with Gasteiger partial charge in [-0.15, -0.1) is 0 Å². The van der Waals surface area contributed by atoms with Crippen molar-refractivity contribution in [1.82, 2.24) is 15.3 Å². The minimum absolute atomic E-state index is 0.0614. The predicted molar refractivity (Wildman–Crippen MR) is 125 cm³/mol. The molecule has 8 nitrogen and oxygen atoms in total. The number of aliphatic carboxylic acids is 1. The maximum Gasteiger partial charge on any atom is 0.347 e. The lowest BCUT2D eigenvalue weighted by molar-refractivity contribution is -0.152. The van der Waals surface area contributed by atoms with Crippen LogP contribution in [0, 0.1) is 18.6 Å². The summed E-state index contributed by atoms with van der Waals surface area (Å²) in [5.74, 6) is -2.61. The molecule has 4 rings (SSSR count). The fourth-order valence-electron chi connectivity index (χ4n) is 3.52. The highest BCUT2D eigenvalue weighted by Gasteiger charge is 2.32. The summed E-state index contributed by atoms with van der Waals surface area (Å²) in [5, 5.41) is 12.4. The third-order valence-corrected chi connectivity index (χ3v) is 5.54. The van der Waals surface area contributed by atoms with E-state index in [9.17, 15) is 18.7 Å². The number of ether oxygens (including phenoxy) is 1. The zero-order valence-corrected chi connectivity index (χ0v) is 19.9. The van der Waals surface area contributed by atoms with Crippen molar-refractivity contribution in [2.75, 3.05) is 0 Å². The van der Waals surface area contributed by atoms with Crippen molar-refractivity contribution in [2.24, 2.45) is 0 Å². The summed E-state index contributed by atoms with van der Waals surface area (Å²) < 4.78 is 45.7. The molecule has 0 saturated heterocycles. The van der Waals surface area contributed by atoms with E-state index >= 15 is 0 Å². The zero-order valence-electron chi connectivity index (χ0n) is 19.9. The second kappa shape index (κ2) is 10.3. The Morgan fingerprint density at radius 2 is 1.89 bits per heavy atom. The van der Waals surface area contributed by atoms with Crippen LogP contribution < -0.4 is 10.1 Å². The number of aromatic nitrogens is 2. The fraction of sp³-hybridized carbons (Fsp3) is 0.269. The maximum atomic E-state index is 14.6. The van der Waals surface area contributed by atoms with E-state index in [4.69, 9.17) is 13.6 Å². The number of rotatable bonds is 10. The predicted octanol–water partition coefficient (Wildman–Crippen LogP) is 5.23. The third kappa shape index (κ3) is 5.60. The first kappa shape index (κ1) is 25.1.